The van der Waals surface area contributed by atoms with Crippen LogP contribution >= 0.6 is 25.3 Å². The maximum atomic E-state index is 6.75. The van der Waals surface area contributed by atoms with Gasteiger partial charge in [-0.1, -0.05) is 52.6 Å². The van der Waals surface area contributed by atoms with Gasteiger partial charge >= 0.3 is 0 Å². The Morgan fingerprint density at radius 2 is 1.06 bits per heavy atom. The van der Waals surface area contributed by atoms with Gasteiger partial charge in [0.15, 0.2) is 0 Å². The van der Waals surface area contributed by atoms with Gasteiger partial charge in [0.25, 0.3) is 0 Å². The molecule has 0 heterocycles. The highest BCUT2D eigenvalue weighted by molar-refractivity contribution is 7.81. The second-order valence-electron chi connectivity index (χ2n) is 12.3. The van der Waals surface area contributed by atoms with Crippen LogP contribution in [0, 0.1) is 5.92 Å². The maximum Gasteiger partial charge on any atom is 0.0708 e. The molecule has 184 valence electrons. The molecule has 0 amide bonds. The Morgan fingerprint density at radius 1 is 0.529 bits per heavy atom. The highest BCUT2D eigenvalue weighted by Gasteiger charge is 2.29. The molecular formula is C31H45BS2. The van der Waals surface area contributed by atoms with Crippen molar-refractivity contribution in [2.75, 3.05) is 0 Å². The first kappa shape index (κ1) is 25.4. The molecule has 0 N–H and O–H groups in total. The van der Waals surface area contributed by atoms with Gasteiger partial charge in [-0.15, -0.1) is 0 Å². The summed E-state index contributed by atoms with van der Waals surface area (Å²) >= 11 is 9.92. The second-order valence-corrected chi connectivity index (χ2v) is 13.7. The van der Waals surface area contributed by atoms with Gasteiger partial charge in [-0.2, -0.15) is 25.3 Å². The van der Waals surface area contributed by atoms with Gasteiger partial charge in [0.1, 0.15) is 0 Å². The molecular weight excluding hydrogens is 447 g/mol. The largest absolute Gasteiger partial charge is 0.176 e. The van der Waals surface area contributed by atoms with Gasteiger partial charge in [-0.25, -0.2) is 0 Å². The van der Waals surface area contributed by atoms with E-state index < -0.39 is 0 Å². The zero-order valence-electron chi connectivity index (χ0n) is 21.5. The third-order valence-corrected chi connectivity index (χ3v) is 10.3. The van der Waals surface area contributed by atoms with Crippen molar-refractivity contribution < 1.29 is 0 Å². The van der Waals surface area contributed by atoms with Crippen molar-refractivity contribution in [1.82, 2.24) is 0 Å². The summed E-state index contributed by atoms with van der Waals surface area (Å²) in [7, 11) is 6.75. The number of hydrogen-bond donors (Lipinski definition) is 2. The van der Waals surface area contributed by atoms with Crippen LogP contribution in [0.2, 0.25) is 5.82 Å². The highest BCUT2D eigenvalue weighted by Crippen LogP contribution is 2.46. The van der Waals surface area contributed by atoms with Crippen molar-refractivity contribution >= 4 is 33.1 Å². The molecule has 3 heteroatoms. The van der Waals surface area contributed by atoms with Gasteiger partial charge in [-0.3, -0.25) is 0 Å². The van der Waals surface area contributed by atoms with E-state index in [0.29, 0.717) is 16.3 Å². The average molecular weight is 493 g/mol. The van der Waals surface area contributed by atoms with Crippen LogP contribution in [0.5, 0.6) is 0 Å². The predicted octanol–water partition coefficient (Wildman–Crippen LogP) is 9.45. The molecule has 0 aromatic carbocycles. The topological polar surface area (TPSA) is 0 Å². The minimum atomic E-state index is 0.312. The van der Waals surface area contributed by atoms with Crippen LogP contribution in [0.1, 0.15) is 122 Å². The molecule has 0 saturated heterocycles. The molecule has 0 bridgehead atoms. The van der Waals surface area contributed by atoms with E-state index in [1.165, 1.54) is 103 Å². The summed E-state index contributed by atoms with van der Waals surface area (Å²) < 4.78 is 0. The number of hydrogen-bond acceptors (Lipinski definition) is 2. The fourth-order valence-electron chi connectivity index (χ4n) is 7.83. The van der Waals surface area contributed by atoms with Crippen molar-refractivity contribution in [3.8, 4) is 0 Å². The Bertz CT molecular complexity index is 904. The van der Waals surface area contributed by atoms with Crippen molar-refractivity contribution in [2.45, 2.75) is 139 Å². The summed E-state index contributed by atoms with van der Waals surface area (Å²) in [6.45, 7) is 2.43. The predicted molar refractivity (Wildman–Crippen MR) is 155 cm³/mol. The third-order valence-electron chi connectivity index (χ3n) is 9.54. The summed E-state index contributed by atoms with van der Waals surface area (Å²) in [5.41, 5.74) is 13.9. The normalized spacial score (nSPS) is 42.7. The summed E-state index contributed by atoms with van der Waals surface area (Å²) in [4.78, 5) is 0. The first-order valence-electron chi connectivity index (χ1n) is 14.4. The molecule has 5 rings (SSSR count). The summed E-state index contributed by atoms with van der Waals surface area (Å²) in [5, 5.41) is 1.06. The van der Waals surface area contributed by atoms with Crippen molar-refractivity contribution in [2.24, 2.45) is 5.92 Å². The standard InChI is InChI=1S/C31H45BS2/c1-20-4-2-5-21(14-20)22-8-9-23(16-27(32)15-22)24-10-11-25(19-29(34)17-24)30-6-3-7-31(30)26-12-13-28(33)18-26/h20,27-29,33-34H,2-19H2,1H3/b22-21-,24-23-,30-25-,31-26+. The van der Waals surface area contributed by atoms with Gasteiger partial charge in [0, 0.05) is 10.5 Å². The number of rotatable bonds is 0. The highest BCUT2D eigenvalue weighted by atomic mass is 32.1. The molecule has 5 aliphatic rings. The Morgan fingerprint density at radius 3 is 1.68 bits per heavy atom. The zero-order chi connectivity index (χ0) is 23.7. The van der Waals surface area contributed by atoms with E-state index in [2.05, 4.69) is 6.92 Å². The maximum absolute atomic E-state index is 6.75. The van der Waals surface area contributed by atoms with Gasteiger partial charge in [-0.05, 0) is 126 Å². The first-order valence-corrected chi connectivity index (χ1v) is 15.4. The summed E-state index contributed by atoms with van der Waals surface area (Å²) in [6, 6.07) is 0. The minimum absolute atomic E-state index is 0.312. The molecule has 5 saturated carbocycles. The molecule has 0 aliphatic heterocycles. The van der Waals surface area contributed by atoms with E-state index >= 15 is 0 Å². The third kappa shape index (κ3) is 5.99. The average Bonchev–Trinajstić information content (AvgIpc) is 3.35. The molecule has 0 aromatic heterocycles. The van der Waals surface area contributed by atoms with Crippen LogP contribution in [-0.4, -0.2) is 18.3 Å². The molecule has 34 heavy (non-hydrogen) atoms. The lowest BCUT2D eigenvalue weighted by Gasteiger charge is -2.24. The molecule has 4 atom stereocenters. The molecule has 5 aliphatic carbocycles. The Balaban J connectivity index is 1.35. The first-order chi connectivity index (χ1) is 16.5. The van der Waals surface area contributed by atoms with Crippen LogP contribution < -0.4 is 0 Å². The Kier molecular flexibility index (Phi) is 8.52. The van der Waals surface area contributed by atoms with E-state index in [1.54, 1.807) is 44.6 Å². The van der Waals surface area contributed by atoms with E-state index in [-0.39, 0.29) is 0 Å². The monoisotopic (exact) mass is 492 g/mol. The van der Waals surface area contributed by atoms with Crippen molar-refractivity contribution in [3.05, 3.63) is 44.6 Å². The molecule has 5 fully saturated rings. The van der Waals surface area contributed by atoms with E-state index in [4.69, 9.17) is 33.1 Å². The number of allylic oxidation sites excluding steroid dienone is 8. The molecule has 0 aromatic rings. The van der Waals surface area contributed by atoms with Crippen LogP contribution in [0.15, 0.2) is 44.6 Å². The van der Waals surface area contributed by atoms with Gasteiger partial charge < -0.3 is 0 Å². The SMILES string of the molecule is [B]C1C/C(=C2/CCCC(C)C2)CC/C(=C2\CC/C(=C3\CCC\C3=C3\CCC(S)C3)CC(S)C2)C1. The zero-order valence-corrected chi connectivity index (χ0v) is 23.3. The Labute approximate surface area is 221 Å². The van der Waals surface area contributed by atoms with E-state index in [9.17, 15) is 0 Å². The Hall–Kier alpha value is -0.275. The van der Waals surface area contributed by atoms with Crippen LogP contribution in [-0.2, 0) is 0 Å². The van der Waals surface area contributed by atoms with Gasteiger partial charge in [0.2, 0.25) is 0 Å². The number of thiol groups is 2. The lowest BCUT2D eigenvalue weighted by atomic mass is 9.76. The fraction of sp³-hybridized carbons (Fsp3) is 0.742. The lowest BCUT2D eigenvalue weighted by molar-refractivity contribution is 0.447. The minimum Gasteiger partial charge on any atom is -0.176 e. The van der Waals surface area contributed by atoms with Crippen molar-refractivity contribution in [1.29, 1.82) is 0 Å². The van der Waals surface area contributed by atoms with Crippen molar-refractivity contribution in [3.63, 3.8) is 0 Å². The molecule has 2 radical (unpaired) electrons. The van der Waals surface area contributed by atoms with Gasteiger partial charge in [0.05, 0.1) is 7.85 Å². The van der Waals surface area contributed by atoms with Crippen LogP contribution in [0.3, 0.4) is 0 Å². The fourth-order valence-corrected chi connectivity index (χ4v) is 8.62. The molecule has 4 unspecified atom stereocenters. The summed E-state index contributed by atoms with van der Waals surface area (Å²) in [5.74, 6) is 1.18. The molecule has 0 nitrogen and oxygen atoms in total. The quantitative estimate of drug-likeness (QED) is 0.143. The van der Waals surface area contributed by atoms with E-state index in [1.807, 2.05) is 0 Å². The van der Waals surface area contributed by atoms with E-state index in [0.717, 1.165) is 18.8 Å². The van der Waals surface area contributed by atoms with Crippen LogP contribution in [0.4, 0.5) is 0 Å². The summed E-state index contributed by atoms with van der Waals surface area (Å²) in [6.07, 6.45) is 22.9. The smallest absolute Gasteiger partial charge is 0.0708 e. The lowest BCUT2D eigenvalue weighted by Crippen LogP contribution is -2.07. The second kappa shape index (κ2) is 11.4. The van der Waals surface area contributed by atoms with Crippen LogP contribution in [0.25, 0.3) is 0 Å². The molecule has 0 spiro atoms.